The molecular formula is C42H50N7O9P. The van der Waals surface area contributed by atoms with Gasteiger partial charge in [-0.25, -0.2) is 9.65 Å². The zero-order valence-electron chi connectivity index (χ0n) is 34.1. The average Bonchev–Trinajstić information content (AvgIpc) is 3.79. The summed E-state index contributed by atoms with van der Waals surface area (Å²) in [6, 6.07) is 27.1. The minimum absolute atomic E-state index is 0.0107. The van der Waals surface area contributed by atoms with E-state index in [2.05, 4.69) is 25.7 Å². The van der Waals surface area contributed by atoms with E-state index in [1.807, 2.05) is 107 Å². The second-order valence-electron chi connectivity index (χ2n) is 14.3. The van der Waals surface area contributed by atoms with E-state index in [0.29, 0.717) is 11.5 Å². The van der Waals surface area contributed by atoms with Crippen molar-refractivity contribution in [2.24, 2.45) is 0 Å². The highest BCUT2D eigenvalue weighted by molar-refractivity contribution is 7.44. The van der Waals surface area contributed by atoms with Crippen LogP contribution >= 0.6 is 8.53 Å². The summed E-state index contributed by atoms with van der Waals surface area (Å²) < 4.78 is 48.2. The van der Waals surface area contributed by atoms with Crippen LogP contribution in [0.15, 0.2) is 90.0 Å². The maximum atomic E-state index is 13.0. The fraction of sp³-hybridized carbons (Fsp3) is 0.405. The third-order valence-electron chi connectivity index (χ3n) is 9.82. The molecule has 1 saturated heterocycles. The summed E-state index contributed by atoms with van der Waals surface area (Å²) in [6.45, 7) is 9.35. The molecule has 0 saturated carbocycles. The van der Waals surface area contributed by atoms with Gasteiger partial charge in [0.15, 0.2) is 23.5 Å². The number of H-pyrrole nitrogens is 1. The van der Waals surface area contributed by atoms with E-state index in [1.54, 1.807) is 14.2 Å². The van der Waals surface area contributed by atoms with Crippen LogP contribution in [0.3, 0.4) is 0 Å². The van der Waals surface area contributed by atoms with Crippen molar-refractivity contribution in [2.45, 2.75) is 83.3 Å². The number of anilines is 1. The molecule has 2 aromatic heterocycles. The number of carbonyl (C=O) groups is 1. The first-order chi connectivity index (χ1) is 28.4. The number of esters is 1. The average molecular weight is 828 g/mol. The number of ether oxygens (including phenoxy) is 5. The third kappa shape index (κ3) is 9.26. The minimum Gasteiger partial charge on any atom is -0.497 e. The summed E-state index contributed by atoms with van der Waals surface area (Å²) >= 11 is 0. The van der Waals surface area contributed by atoms with Crippen LogP contribution in [0.25, 0.3) is 11.2 Å². The van der Waals surface area contributed by atoms with Crippen LogP contribution < -0.4 is 20.8 Å². The van der Waals surface area contributed by atoms with Crippen LogP contribution in [-0.2, 0) is 33.7 Å². The second kappa shape index (κ2) is 19.1. The molecule has 0 radical (unpaired) electrons. The Morgan fingerprint density at radius 3 is 2.10 bits per heavy atom. The maximum Gasteiger partial charge on any atom is 0.303 e. The number of hydrogen-bond donors (Lipinski definition) is 2. The Hall–Kier alpha value is -5.40. The van der Waals surface area contributed by atoms with E-state index < -0.39 is 50.2 Å². The van der Waals surface area contributed by atoms with E-state index >= 15 is 0 Å². The van der Waals surface area contributed by atoms with Crippen molar-refractivity contribution < 1.29 is 37.5 Å². The van der Waals surface area contributed by atoms with Crippen LogP contribution in [0.4, 0.5) is 5.95 Å². The van der Waals surface area contributed by atoms with Crippen molar-refractivity contribution >= 4 is 31.6 Å². The highest BCUT2D eigenvalue weighted by atomic mass is 31.2. The summed E-state index contributed by atoms with van der Waals surface area (Å²) in [6.07, 6.45) is -2.73. The van der Waals surface area contributed by atoms with Crippen LogP contribution in [0, 0.1) is 11.3 Å². The smallest absolute Gasteiger partial charge is 0.303 e. The van der Waals surface area contributed by atoms with Crippen LogP contribution in [0.1, 0.15) is 64.0 Å². The molecule has 59 heavy (non-hydrogen) atoms. The number of hydrogen-bond acceptors (Lipinski definition) is 14. The number of imidazole rings is 1. The third-order valence-corrected chi connectivity index (χ3v) is 12.0. The Bertz CT molecular complexity index is 2210. The van der Waals surface area contributed by atoms with Crippen molar-refractivity contribution in [3.63, 3.8) is 0 Å². The molecule has 5 atom stereocenters. The quantitative estimate of drug-likeness (QED) is 0.0437. The minimum atomic E-state index is -1.89. The molecular weight excluding hydrogens is 777 g/mol. The number of nitrogen functional groups attached to an aromatic ring is 1. The Morgan fingerprint density at radius 2 is 1.56 bits per heavy atom. The monoisotopic (exact) mass is 827 g/mol. The fourth-order valence-electron chi connectivity index (χ4n) is 7.32. The van der Waals surface area contributed by atoms with Gasteiger partial charge in [-0.15, -0.1) is 0 Å². The van der Waals surface area contributed by atoms with Gasteiger partial charge in [-0.3, -0.25) is 19.1 Å². The number of carbonyl (C=O) groups excluding carboxylic acids is 1. The summed E-state index contributed by atoms with van der Waals surface area (Å²) in [5.41, 5.74) is 6.70. The van der Waals surface area contributed by atoms with Crippen LogP contribution in [0.2, 0.25) is 0 Å². The Labute approximate surface area is 344 Å². The predicted octanol–water partition coefficient (Wildman–Crippen LogP) is 6.22. The molecule has 6 rings (SSSR count). The zero-order valence-corrected chi connectivity index (χ0v) is 35.0. The van der Waals surface area contributed by atoms with Gasteiger partial charge in [0.25, 0.3) is 14.1 Å². The van der Waals surface area contributed by atoms with Crippen molar-refractivity contribution in [3.05, 3.63) is 112 Å². The molecule has 312 valence electrons. The molecule has 0 bridgehead atoms. The molecule has 0 aliphatic carbocycles. The molecule has 1 aliphatic rings. The topological polar surface area (TPSA) is 198 Å². The first kappa shape index (κ1) is 43.2. The molecule has 3 aromatic carbocycles. The summed E-state index contributed by atoms with van der Waals surface area (Å²) in [4.78, 5) is 37.0. The van der Waals surface area contributed by atoms with Crippen molar-refractivity contribution in [2.75, 3.05) is 33.2 Å². The Balaban J connectivity index is 1.52. The molecule has 5 aromatic rings. The largest absolute Gasteiger partial charge is 0.497 e. The fourth-order valence-corrected chi connectivity index (χ4v) is 9.09. The van der Waals surface area contributed by atoms with Gasteiger partial charge in [0, 0.05) is 19.0 Å². The number of aromatic nitrogens is 4. The number of aromatic amines is 1. The lowest BCUT2D eigenvalue weighted by Gasteiger charge is -2.39. The molecule has 3 heterocycles. The number of rotatable bonds is 18. The highest BCUT2D eigenvalue weighted by Gasteiger charge is 2.53. The number of benzene rings is 3. The number of nitriles is 1. The standard InChI is InChI=1S/C42H50N7O9P/c1-26(2)49(27(3)4)59(55-23-11-22-43)58-36-34(57-40(37(36)56-28(5)50)48-25-45-35-38(48)46-41(44)47-39(35)51)24-54-42(29-12-9-8-10-13-29,30-14-18-32(52-6)19-15-30)31-16-20-33(53-7)21-17-31/h8-10,12-21,25-27,34,36-37,40H,11,23-24H2,1-7H3,(H3,44,46,47,51)/t34-,36-,37+,40+,59?/m0/s1. The SMILES string of the molecule is COc1ccc(C(OC[C@@H]2O[C@@H](n3cnc4c(=O)[nH]c(N)nc43)[C@H](OC(C)=O)[C@H]2OP(OCCC#N)N(C(C)C)C(C)C)(c2ccccc2)c2ccc(OC)cc2)cc1. The van der Waals surface area contributed by atoms with Gasteiger partial charge in [-0.05, 0) is 68.7 Å². The van der Waals surface area contributed by atoms with Gasteiger partial charge < -0.3 is 38.5 Å². The van der Waals surface area contributed by atoms with E-state index in [0.717, 1.165) is 16.7 Å². The molecule has 1 fully saturated rings. The van der Waals surface area contributed by atoms with Gasteiger partial charge >= 0.3 is 5.97 Å². The van der Waals surface area contributed by atoms with Gasteiger partial charge in [-0.1, -0.05) is 54.6 Å². The van der Waals surface area contributed by atoms with Crippen LogP contribution in [0.5, 0.6) is 11.5 Å². The lowest BCUT2D eigenvalue weighted by molar-refractivity contribution is -0.155. The maximum absolute atomic E-state index is 13.0. The van der Waals surface area contributed by atoms with Gasteiger partial charge in [0.2, 0.25) is 5.95 Å². The van der Waals surface area contributed by atoms with E-state index in [-0.39, 0.29) is 48.8 Å². The molecule has 17 heteroatoms. The summed E-state index contributed by atoms with van der Waals surface area (Å²) in [5, 5.41) is 9.42. The molecule has 0 spiro atoms. The van der Waals surface area contributed by atoms with Crippen molar-refractivity contribution in [3.8, 4) is 17.6 Å². The van der Waals surface area contributed by atoms with Crippen LogP contribution in [-0.4, -0.2) is 88.0 Å². The normalized spacial score (nSPS) is 18.7. The lowest BCUT2D eigenvalue weighted by atomic mass is 9.80. The highest BCUT2D eigenvalue weighted by Crippen LogP contribution is 2.51. The Morgan fingerprint density at radius 1 is 0.966 bits per heavy atom. The summed E-state index contributed by atoms with van der Waals surface area (Å²) in [5.74, 6) is 0.582. The number of fused-ring (bicyclic) bond motifs is 1. The van der Waals surface area contributed by atoms with E-state index in [9.17, 15) is 14.9 Å². The molecule has 1 aliphatic heterocycles. The lowest BCUT2D eigenvalue weighted by Crippen LogP contribution is -2.43. The number of methoxy groups -OCH3 is 2. The molecule has 0 amide bonds. The van der Waals surface area contributed by atoms with E-state index in [1.165, 1.54) is 17.8 Å². The predicted molar refractivity (Wildman–Crippen MR) is 220 cm³/mol. The van der Waals surface area contributed by atoms with Gasteiger partial charge in [0.1, 0.15) is 29.3 Å². The first-order valence-electron chi connectivity index (χ1n) is 19.2. The summed E-state index contributed by atoms with van der Waals surface area (Å²) in [7, 11) is 1.32. The van der Waals surface area contributed by atoms with Crippen molar-refractivity contribution in [1.82, 2.24) is 24.2 Å². The Kier molecular flexibility index (Phi) is 14.0. The van der Waals surface area contributed by atoms with Gasteiger partial charge in [0.05, 0.1) is 46.3 Å². The van der Waals surface area contributed by atoms with Crippen molar-refractivity contribution in [1.29, 1.82) is 5.26 Å². The molecule has 1 unspecified atom stereocenters. The first-order valence-corrected chi connectivity index (χ1v) is 20.3. The second-order valence-corrected chi connectivity index (χ2v) is 15.8. The number of nitrogens with one attached hydrogen (secondary N) is 1. The number of nitrogens with two attached hydrogens (primary N) is 1. The zero-order chi connectivity index (χ0) is 42.3. The number of nitrogens with zero attached hydrogens (tertiary/aromatic N) is 5. The van der Waals surface area contributed by atoms with Gasteiger partial charge in [-0.2, -0.15) is 10.2 Å². The van der Waals surface area contributed by atoms with E-state index in [4.69, 9.17) is 38.5 Å². The molecule has 3 N–H and O–H groups in total. The molecule has 16 nitrogen and oxygen atoms in total.